The van der Waals surface area contributed by atoms with Gasteiger partial charge in [0.25, 0.3) is 0 Å². The third-order valence-electron chi connectivity index (χ3n) is 5.13. The van der Waals surface area contributed by atoms with E-state index in [4.69, 9.17) is 0 Å². The van der Waals surface area contributed by atoms with Gasteiger partial charge in [0.2, 0.25) is 0 Å². The van der Waals surface area contributed by atoms with Crippen LogP contribution >= 0.6 is 0 Å². The molecule has 2 rings (SSSR count). The number of benzene rings is 1. The molecule has 0 spiro atoms. The highest BCUT2D eigenvalue weighted by Gasteiger charge is 2.18. The summed E-state index contributed by atoms with van der Waals surface area (Å²) in [6.07, 6.45) is 3.47. The highest BCUT2D eigenvalue weighted by Crippen LogP contribution is 2.20. The van der Waals surface area contributed by atoms with E-state index in [2.05, 4.69) is 22.5 Å². The molecule has 140 valence electrons. The van der Waals surface area contributed by atoms with E-state index >= 15 is 0 Å². The summed E-state index contributed by atoms with van der Waals surface area (Å²) in [5.74, 6) is 0.723. The van der Waals surface area contributed by atoms with Gasteiger partial charge in [-0.2, -0.15) is 0 Å². The lowest BCUT2D eigenvalue weighted by Crippen LogP contribution is -2.42. The second-order valence-electron chi connectivity index (χ2n) is 7.13. The molecule has 25 heavy (non-hydrogen) atoms. The second-order valence-corrected chi connectivity index (χ2v) is 7.13. The Bertz CT molecular complexity index is 501. The number of carbonyl (C=O) groups is 1. The summed E-state index contributed by atoms with van der Waals surface area (Å²) in [5, 5.41) is 16.1. The molecule has 3 N–H and O–H groups in total. The molecule has 2 unspecified atom stereocenters. The predicted octanol–water partition coefficient (Wildman–Crippen LogP) is 2.92. The summed E-state index contributed by atoms with van der Waals surface area (Å²) >= 11 is 0. The van der Waals surface area contributed by atoms with Crippen LogP contribution in [0.3, 0.4) is 0 Å². The molecule has 1 aromatic rings. The number of urea groups is 1. The Morgan fingerprint density at radius 1 is 1.28 bits per heavy atom. The third-order valence-corrected chi connectivity index (χ3v) is 5.13. The quantitative estimate of drug-likeness (QED) is 0.677. The van der Waals surface area contributed by atoms with Gasteiger partial charge in [0, 0.05) is 12.6 Å². The number of carbonyl (C=O) groups excluding carboxylic acids is 1. The number of likely N-dealkylation sites (tertiary alicyclic amines) is 1. The molecule has 0 radical (unpaired) electrons. The molecule has 5 nitrogen and oxygen atoms in total. The largest absolute Gasteiger partial charge is 0.388 e. The molecule has 5 heteroatoms. The summed E-state index contributed by atoms with van der Waals surface area (Å²) in [6.45, 7) is 8.36. The Morgan fingerprint density at radius 2 is 1.96 bits per heavy atom. The number of hydrogen-bond donors (Lipinski definition) is 3. The topological polar surface area (TPSA) is 64.6 Å². The van der Waals surface area contributed by atoms with Crippen LogP contribution in [0.5, 0.6) is 0 Å². The van der Waals surface area contributed by atoms with Gasteiger partial charge in [0.1, 0.15) is 0 Å². The van der Waals surface area contributed by atoms with Crippen molar-refractivity contribution in [1.29, 1.82) is 0 Å². The Morgan fingerprint density at radius 3 is 2.60 bits per heavy atom. The van der Waals surface area contributed by atoms with Crippen LogP contribution in [0.25, 0.3) is 0 Å². The van der Waals surface area contributed by atoms with Crippen molar-refractivity contribution in [2.45, 2.75) is 51.7 Å². The molecule has 1 aliphatic rings. The van der Waals surface area contributed by atoms with Crippen molar-refractivity contribution < 1.29 is 9.90 Å². The molecule has 1 heterocycles. The molecule has 1 aliphatic heterocycles. The standard InChI is InChI=1S/C20H33N3O2/c1-3-23-13-10-17(11-14-23)9-12-21-20(25)22-16(2)15-19(24)18-7-5-4-6-8-18/h4-8,16-17,19,24H,3,9-15H2,1-2H3,(H2,21,22,25). The highest BCUT2D eigenvalue weighted by molar-refractivity contribution is 5.74. The maximum Gasteiger partial charge on any atom is 0.314 e. The molecule has 2 amide bonds. The van der Waals surface area contributed by atoms with E-state index in [0.717, 1.165) is 31.0 Å². The predicted molar refractivity (Wildman–Crippen MR) is 101 cm³/mol. The first-order valence-corrected chi connectivity index (χ1v) is 9.58. The zero-order valence-electron chi connectivity index (χ0n) is 15.6. The van der Waals surface area contributed by atoms with Gasteiger partial charge in [-0.1, -0.05) is 37.3 Å². The van der Waals surface area contributed by atoms with Gasteiger partial charge in [-0.05, 0) is 63.7 Å². The van der Waals surface area contributed by atoms with Gasteiger partial charge in [-0.3, -0.25) is 0 Å². The van der Waals surface area contributed by atoms with Crippen LogP contribution < -0.4 is 10.6 Å². The molecule has 0 aromatic heterocycles. The normalized spacial score (nSPS) is 18.5. The highest BCUT2D eigenvalue weighted by atomic mass is 16.3. The lowest BCUT2D eigenvalue weighted by Gasteiger charge is -2.31. The zero-order chi connectivity index (χ0) is 18.1. The van der Waals surface area contributed by atoms with Gasteiger partial charge in [0.05, 0.1) is 6.10 Å². The number of piperidine rings is 1. The van der Waals surface area contributed by atoms with Crippen LogP contribution in [0.15, 0.2) is 30.3 Å². The Balaban J connectivity index is 1.60. The first-order valence-electron chi connectivity index (χ1n) is 9.58. The fourth-order valence-corrected chi connectivity index (χ4v) is 3.46. The number of amides is 2. The summed E-state index contributed by atoms with van der Waals surface area (Å²) < 4.78 is 0. The van der Waals surface area contributed by atoms with E-state index < -0.39 is 6.10 Å². The molecule has 1 saturated heterocycles. The number of nitrogens with one attached hydrogen (secondary N) is 2. The summed E-state index contributed by atoms with van der Waals surface area (Å²) in [7, 11) is 0. The lowest BCUT2D eigenvalue weighted by atomic mass is 9.93. The molecule has 2 atom stereocenters. The maximum atomic E-state index is 12.0. The summed E-state index contributed by atoms with van der Waals surface area (Å²) in [5.41, 5.74) is 0.884. The Labute approximate surface area is 151 Å². The molecule has 1 aromatic carbocycles. The van der Waals surface area contributed by atoms with E-state index in [1.165, 1.54) is 25.9 Å². The molecule has 0 aliphatic carbocycles. The average molecular weight is 348 g/mol. The van der Waals surface area contributed by atoms with Gasteiger partial charge >= 0.3 is 6.03 Å². The van der Waals surface area contributed by atoms with Crippen LogP contribution in [0, 0.1) is 5.92 Å². The second kappa shape index (κ2) is 10.4. The molecular weight excluding hydrogens is 314 g/mol. The molecular formula is C20H33N3O2. The monoisotopic (exact) mass is 347 g/mol. The number of aliphatic hydroxyl groups is 1. The molecule has 0 bridgehead atoms. The smallest absolute Gasteiger partial charge is 0.314 e. The molecule has 1 fully saturated rings. The van der Waals surface area contributed by atoms with Crippen LogP contribution in [-0.2, 0) is 0 Å². The first kappa shape index (κ1) is 19.7. The van der Waals surface area contributed by atoms with Gasteiger partial charge in [-0.15, -0.1) is 0 Å². The minimum Gasteiger partial charge on any atom is -0.388 e. The van der Waals surface area contributed by atoms with Crippen molar-refractivity contribution >= 4 is 6.03 Å². The minimum atomic E-state index is -0.555. The minimum absolute atomic E-state index is 0.0806. The van der Waals surface area contributed by atoms with Crippen LogP contribution in [0.4, 0.5) is 4.79 Å². The van der Waals surface area contributed by atoms with Crippen molar-refractivity contribution in [3.63, 3.8) is 0 Å². The van der Waals surface area contributed by atoms with E-state index in [-0.39, 0.29) is 12.1 Å². The van der Waals surface area contributed by atoms with E-state index in [1.54, 1.807) is 0 Å². The number of aliphatic hydroxyl groups excluding tert-OH is 1. The van der Waals surface area contributed by atoms with E-state index in [1.807, 2.05) is 37.3 Å². The third kappa shape index (κ3) is 7.04. The number of hydrogen-bond acceptors (Lipinski definition) is 3. The maximum absolute atomic E-state index is 12.0. The zero-order valence-corrected chi connectivity index (χ0v) is 15.6. The van der Waals surface area contributed by atoms with E-state index in [0.29, 0.717) is 6.42 Å². The summed E-state index contributed by atoms with van der Waals surface area (Å²) in [6, 6.07) is 9.34. The lowest BCUT2D eigenvalue weighted by molar-refractivity contribution is 0.154. The van der Waals surface area contributed by atoms with Crippen molar-refractivity contribution in [3.8, 4) is 0 Å². The fourth-order valence-electron chi connectivity index (χ4n) is 3.46. The fraction of sp³-hybridized carbons (Fsp3) is 0.650. The van der Waals surface area contributed by atoms with Crippen LogP contribution in [0.1, 0.15) is 51.2 Å². The van der Waals surface area contributed by atoms with E-state index in [9.17, 15) is 9.90 Å². The van der Waals surface area contributed by atoms with Gasteiger partial charge < -0.3 is 20.6 Å². The van der Waals surface area contributed by atoms with Crippen molar-refractivity contribution in [3.05, 3.63) is 35.9 Å². The Hall–Kier alpha value is -1.59. The van der Waals surface area contributed by atoms with Gasteiger partial charge in [-0.25, -0.2) is 4.79 Å². The van der Waals surface area contributed by atoms with Crippen molar-refractivity contribution in [1.82, 2.24) is 15.5 Å². The number of rotatable bonds is 8. The van der Waals surface area contributed by atoms with Gasteiger partial charge in [0.15, 0.2) is 0 Å². The van der Waals surface area contributed by atoms with Crippen molar-refractivity contribution in [2.24, 2.45) is 5.92 Å². The van der Waals surface area contributed by atoms with Crippen LogP contribution in [-0.4, -0.2) is 48.3 Å². The summed E-state index contributed by atoms with van der Waals surface area (Å²) in [4.78, 5) is 14.5. The number of nitrogens with zero attached hydrogens (tertiary/aromatic N) is 1. The van der Waals surface area contributed by atoms with Crippen molar-refractivity contribution in [2.75, 3.05) is 26.2 Å². The molecule has 0 saturated carbocycles. The Kier molecular flexibility index (Phi) is 8.22. The van der Waals surface area contributed by atoms with Crippen LogP contribution in [0.2, 0.25) is 0 Å². The first-order chi connectivity index (χ1) is 12.1. The average Bonchev–Trinajstić information content (AvgIpc) is 2.63. The SMILES string of the molecule is CCN1CCC(CCNC(=O)NC(C)CC(O)c2ccccc2)CC1.